The maximum atomic E-state index is 13.0. The summed E-state index contributed by atoms with van der Waals surface area (Å²) in [5, 5.41) is 0. The fraction of sp³-hybridized carbons (Fsp3) is 0.647. The van der Waals surface area contributed by atoms with E-state index < -0.39 is 10.0 Å². The van der Waals surface area contributed by atoms with E-state index in [2.05, 4.69) is 20.8 Å². The van der Waals surface area contributed by atoms with Gasteiger partial charge in [-0.05, 0) is 44.7 Å². The number of epoxide rings is 1. The van der Waals surface area contributed by atoms with Crippen molar-refractivity contribution in [2.75, 3.05) is 0 Å². The van der Waals surface area contributed by atoms with Gasteiger partial charge in [0.05, 0.1) is 22.1 Å². The molecule has 0 bridgehead atoms. The SMILES string of the molecule is Cc1ccc(S(=O)(=O)N2[C@H]3C[C@]4(C(C)C)O[C@@H]4C[C@]32C)cc1. The zero-order valence-electron chi connectivity index (χ0n) is 13.5. The van der Waals surface area contributed by atoms with Crippen molar-refractivity contribution in [1.29, 1.82) is 0 Å². The maximum absolute atomic E-state index is 13.0. The van der Waals surface area contributed by atoms with Crippen LogP contribution in [0.5, 0.6) is 0 Å². The summed E-state index contributed by atoms with van der Waals surface area (Å²) in [6.07, 6.45) is 1.88. The molecule has 4 nitrogen and oxygen atoms in total. The summed E-state index contributed by atoms with van der Waals surface area (Å²) < 4.78 is 33.6. The number of rotatable bonds is 3. The predicted molar refractivity (Wildman–Crippen MR) is 84.1 cm³/mol. The molecule has 2 heterocycles. The molecule has 0 N–H and O–H groups in total. The van der Waals surface area contributed by atoms with Crippen LogP contribution in [-0.4, -0.2) is 36.0 Å². The van der Waals surface area contributed by atoms with E-state index in [0.29, 0.717) is 10.8 Å². The minimum Gasteiger partial charge on any atom is -0.366 e. The fourth-order valence-electron chi connectivity index (χ4n) is 4.31. The summed E-state index contributed by atoms with van der Waals surface area (Å²) in [7, 11) is -3.40. The molecule has 1 unspecified atom stereocenters. The van der Waals surface area contributed by atoms with Crippen molar-refractivity contribution in [3.63, 3.8) is 0 Å². The number of ether oxygens (including phenoxy) is 1. The average Bonchev–Trinajstić information content (AvgIpc) is 3.27. The zero-order chi connectivity index (χ0) is 15.9. The Bertz CT molecular complexity index is 727. The van der Waals surface area contributed by atoms with Crippen molar-refractivity contribution < 1.29 is 13.2 Å². The topological polar surface area (TPSA) is 49.7 Å². The highest BCUT2D eigenvalue weighted by atomic mass is 32.2. The molecule has 120 valence electrons. The Labute approximate surface area is 132 Å². The molecular weight excluding hydrogens is 298 g/mol. The fourth-order valence-corrected chi connectivity index (χ4v) is 6.35. The van der Waals surface area contributed by atoms with Gasteiger partial charge in [0.2, 0.25) is 10.0 Å². The van der Waals surface area contributed by atoms with Gasteiger partial charge in [-0.15, -0.1) is 0 Å². The van der Waals surface area contributed by atoms with Gasteiger partial charge in [-0.2, -0.15) is 4.31 Å². The molecule has 1 aromatic carbocycles. The monoisotopic (exact) mass is 321 g/mol. The number of aryl methyl sites for hydroxylation is 1. The van der Waals surface area contributed by atoms with E-state index in [-0.39, 0.29) is 23.3 Å². The first-order valence-corrected chi connectivity index (χ1v) is 9.45. The van der Waals surface area contributed by atoms with Crippen molar-refractivity contribution >= 4 is 10.0 Å². The third-order valence-electron chi connectivity index (χ3n) is 5.95. The Morgan fingerprint density at radius 3 is 2.45 bits per heavy atom. The standard InChI is InChI=1S/C17H23NO3S/c1-11(2)17-9-14-16(4,10-15(17)21-17)18(14)22(19,20)13-7-5-12(3)6-8-13/h5-8,11,14-15H,9-10H2,1-4H3/t14-,15+,16+,17+,18?/m0/s1. The molecule has 5 heteroatoms. The normalized spacial score (nSPS) is 42.7. The molecule has 1 saturated carbocycles. The predicted octanol–water partition coefficient (Wildman–Crippen LogP) is 2.71. The van der Waals surface area contributed by atoms with Crippen LogP contribution in [0.25, 0.3) is 0 Å². The van der Waals surface area contributed by atoms with E-state index in [1.807, 2.05) is 19.1 Å². The first-order chi connectivity index (χ1) is 10.2. The van der Waals surface area contributed by atoms with Gasteiger partial charge in [0, 0.05) is 6.04 Å². The molecule has 2 saturated heterocycles. The van der Waals surface area contributed by atoms with Crippen molar-refractivity contribution in [3.05, 3.63) is 29.8 Å². The molecule has 2 aliphatic heterocycles. The van der Waals surface area contributed by atoms with E-state index in [4.69, 9.17) is 4.74 Å². The lowest BCUT2D eigenvalue weighted by molar-refractivity contribution is 0.221. The lowest BCUT2D eigenvalue weighted by atomic mass is 9.77. The third kappa shape index (κ3) is 1.73. The number of hydrogen-bond acceptors (Lipinski definition) is 3. The number of benzene rings is 1. The van der Waals surface area contributed by atoms with Crippen LogP contribution in [0.3, 0.4) is 0 Å². The van der Waals surface area contributed by atoms with Crippen LogP contribution >= 0.6 is 0 Å². The molecule has 1 aliphatic carbocycles. The van der Waals surface area contributed by atoms with Gasteiger partial charge in [0.1, 0.15) is 0 Å². The molecule has 3 fully saturated rings. The van der Waals surface area contributed by atoms with E-state index in [1.165, 1.54) is 0 Å². The summed E-state index contributed by atoms with van der Waals surface area (Å²) >= 11 is 0. The molecule has 22 heavy (non-hydrogen) atoms. The second kappa shape index (κ2) is 4.13. The van der Waals surface area contributed by atoms with E-state index in [1.54, 1.807) is 16.4 Å². The van der Waals surface area contributed by atoms with Crippen molar-refractivity contribution in [2.24, 2.45) is 5.92 Å². The van der Waals surface area contributed by atoms with Crippen LogP contribution in [0.15, 0.2) is 29.2 Å². The summed E-state index contributed by atoms with van der Waals surface area (Å²) in [5.74, 6) is 0.437. The van der Waals surface area contributed by atoms with Crippen LogP contribution in [0, 0.1) is 12.8 Å². The molecular formula is C17H23NO3S. The largest absolute Gasteiger partial charge is 0.366 e. The Kier molecular flexibility index (Phi) is 2.76. The molecule has 4 rings (SSSR count). The molecule has 0 aromatic heterocycles. The summed E-state index contributed by atoms with van der Waals surface area (Å²) in [5.41, 5.74) is 0.729. The first-order valence-electron chi connectivity index (χ1n) is 8.01. The maximum Gasteiger partial charge on any atom is 0.243 e. The van der Waals surface area contributed by atoms with Crippen LogP contribution in [0.1, 0.15) is 39.2 Å². The molecule has 3 aliphatic rings. The molecule has 1 aromatic rings. The van der Waals surface area contributed by atoms with Gasteiger partial charge < -0.3 is 4.74 Å². The Balaban J connectivity index is 1.64. The van der Waals surface area contributed by atoms with Crippen molar-refractivity contribution in [3.8, 4) is 0 Å². The highest BCUT2D eigenvalue weighted by Gasteiger charge is 2.77. The minimum atomic E-state index is -3.40. The molecule has 0 spiro atoms. The minimum absolute atomic E-state index is 0.0816. The lowest BCUT2D eigenvalue weighted by Crippen LogP contribution is -2.33. The number of hydrogen-bond donors (Lipinski definition) is 0. The quantitative estimate of drug-likeness (QED) is 0.804. The van der Waals surface area contributed by atoms with Crippen LogP contribution in [0.4, 0.5) is 0 Å². The summed E-state index contributed by atoms with van der Waals surface area (Å²) in [6, 6.07) is 7.23. The molecule has 5 atom stereocenters. The smallest absolute Gasteiger partial charge is 0.243 e. The molecule has 0 radical (unpaired) electrons. The average molecular weight is 321 g/mol. The van der Waals surface area contributed by atoms with E-state index in [0.717, 1.165) is 18.4 Å². The highest BCUT2D eigenvalue weighted by molar-refractivity contribution is 7.89. The highest BCUT2D eigenvalue weighted by Crippen LogP contribution is 2.65. The second-order valence-corrected chi connectivity index (χ2v) is 9.43. The number of sulfonamides is 1. The van der Waals surface area contributed by atoms with Crippen LogP contribution < -0.4 is 0 Å². The Morgan fingerprint density at radius 2 is 1.86 bits per heavy atom. The first kappa shape index (κ1) is 14.7. The van der Waals surface area contributed by atoms with Crippen LogP contribution in [-0.2, 0) is 14.8 Å². The Morgan fingerprint density at radius 1 is 1.23 bits per heavy atom. The van der Waals surface area contributed by atoms with Crippen LogP contribution in [0.2, 0.25) is 0 Å². The molecule has 0 amide bonds. The summed E-state index contributed by atoms with van der Waals surface area (Å²) in [6.45, 7) is 8.37. The van der Waals surface area contributed by atoms with Gasteiger partial charge in [0.15, 0.2) is 0 Å². The van der Waals surface area contributed by atoms with Gasteiger partial charge in [-0.25, -0.2) is 8.42 Å². The van der Waals surface area contributed by atoms with Gasteiger partial charge >= 0.3 is 0 Å². The lowest BCUT2D eigenvalue weighted by Gasteiger charge is -2.21. The number of nitrogens with zero attached hydrogens (tertiary/aromatic N) is 1. The zero-order valence-corrected chi connectivity index (χ0v) is 14.4. The van der Waals surface area contributed by atoms with E-state index in [9.17, 15) is 8.42 Å². The van der Waals surface area contributed by atoms with Gasteiger partial charge in [0.25, 0.3) is 0 Å². The number of fused-ring (bicyclic) bond motifs is 2. The second-order valence-electron chi connectivity index (χ2n) is 7.61. The van der Waals surface area contributed by atoms with Crippen molar-refractivity contribution in [1.82, 2.24) is 4.31 Å². The summed E-state index contributed by atoms with van der Waals surface area (Å²) in [4.78, 5) is 0.405. The Hall–Kier alpha value is -0.910. The van der Waals surface area contributed by atoms with Gasteiger partial charge in [-0.1, -0.05) is 31.5 Å². The van der Waals surface area contributed by atoms with E-state index >= 15 is 0 Å². The van der Waals surface area contributed by atoms with Crippen molar-refractivity contribution in [2.45, 2.75) is 68.7 Å². The third-order valence-corrected chi connectivity index (χ3v) is 8.01. The van der Waals surface area contributed by atoms with Gasteiger partial charge in [-0.3, -0.25) is 0 Å².